The Kier molecular flexibility index (Phi) is 4.93. The molecule has 2 unspecified atom stereocenters. The normalized spacial score (nSPS) is 21.0. The summed E-state index contributed by atoms with van der Waals surface area (Å²) in [5.41, 5.74) is 0. The highest BCUT2D eigenvalue weighted by atomic mass is 19.3. The van der Waals surface area contributed by atoms with Crippen LogP contribution in [0.15, 0.2) is 0 Å². The SMILES string of the molecule is CC(CNC1CC1)C(C)N(C)CC(F)F. The largest absolute Gasteiger partial charge is 0.314 e. The van der Waals surface area contributed by atoms with Gasteiger partial charge in [0.1, 0.15) is 0 Å². The van der Waals surface area contributed by atoms with Crippen molar-refractivity contribution in [2.75, 3.05) is 20.1 Å². The van der Waals surface area contributed by atoms with E-state index in [9.17, 15) is 8.78 Å². The molecule has 1 saturated carbocycles. The lowest BCUT2D eigenvalue weighted by molar-refractivity contribution is 0.0716. The van der Waals surface area contributed by atoms with E-state index in [1.807, 2.05) is 6.92 Å². The highest BCUT2D eigenvalue weighted by molar-refractivity contribution is 4.83. The Morgan fingerprint density at radius 2 is 1.93 bits per heavy atom. The van der Waals surface area contributed by atoms with Gasteiger partial charge >= 0.3 is 0 Å². The predicted octanol–water partition coefficient (Wildman–Crippen LogP) is 1.96. The maximum Gasteiger partial charge on any atom is 0.251 e. The minimum Gasteiger partial charge on any atom is -0.314 e. The number of halogens is 2. The summed E-state index contributed by atoms with van der Waals surface area (Å²) in [5.74, 6) is 0.411. The molecule has 2 nitrogen and oxygen atoms in total. The van der Waals surface area contributed by atoms with Crippen LogP contribution in [0.4, 0.5) is 8.78 Å². The van der Waals surface area contributed by atoms with Gasteiger partial charge in [0.15, 0.2) is 0 Å². The molecule has 1 fully saturated rings. The molecule has 15 heavy (non-hydrogen) atoms. The fraction of sp³-hybridized carbons (Fsp3) is 1.00. The van der Waals surface area contributed by atoms with E-state index >= 15 is 0 Å². The van der Waals surface area contributed by atoms with Crippen LogP contribution in [-0.2, 0) is 0 Å². The molecule has 1 aliphatic rings. The number of rotatable bonds is 7. The van der Waals surface area contributed by atoms with Gasteiger partial charge < -0.3 is 5.32 Å². The van der Waals surface area contributed by atoms with Gasteiger partial charge in [0.25, 0.3) is 6.43 Å². The van der Waals surface area contributed by atoms with Crippen molar-refractivity contribution in [2.24, 2.45) is 5.92 Å². The fourth-order valence-corrected chi connectivity index (χ4v) is 1.63. The maximum absolute atomic E-state index is 12.2. The first kappa shape index (κ1) is 12.8. The van der Waals surface area contributed by atoms with E-state index in [1.165, 1.54) is 12.8 Å². The summed E-state index contributed by atoms with van der Waals surface area (Å²) in [6, 6.07) is 0.894. The number of nitrogens with one attached hydrogen (secondary N) is 1. The third-order valence-corrected chi connectivity index (χ3v) is 3.25. The topological polar surface area (TPSA) is 15.3 Å². The minimum atomic E-state index is -2.24. The third kappa shape index (κ3) is 4.89. The van der Waals surface area contributed by atoms with Crippen LogP contribution < -0.4 is 5.32 Å². The van der Waals surface area contributed by atoms with Crippen LogP contribution in [0.2, 0.25) is 0 Å². The van der Waals surface area contributed by atoms with Crippen molar-refractivity contribution in [1.82, 2.24) is 10.2 Å². The molecule has 4 heteroatoms. The van der Waals surface area contributed by atoms with Gasteiger partial charge in [-0.3, -0.25) is 4.90 Å². The van der Waals surface area contributed by atoms with Gasteiger partial charge in [0.2, 0.25) is 0 Å². The molecule has 0 aromatic carbocycles. The summed E-state index contributed by atoms with van der Waals surface area (Å²) in [6.07, 6.45) is 0.308. The van der Waals surface area contributed by atoms with E-state index < -0.39 is 6.43 Å². The summed E-state index contributed by atoms with van der Waals surface area (Å²) in [6.45, 7) is 4.93. The molecule has 90 valence electrons. The van der Waals surface area contributed by atoms with E-state index in [4.69, 9.17) is 0 Å². The molecule has 0 spiro atoms. The van der Waals surface area contributed by atoms with E-state index in [2.05, 4.69) is 12.2 Å². The molecule has 0 heterocycles. The summed E-state index contributed by atoms with van der Waals surface area (Å²) in [4.78, 5) is 1.74. The third-order valence-electron chi connectivity index (χ3n) is 3.25. The van der Waals surface area contributed by atoms with Gasteiger partial charge in [-0.25, -0.2) is 8.78 Å². The Morgan fingerprint density at radius 3 is 2.40 bits per heavy atom. The van der Waals surface area contributed by atoms with Crippen LogP contribution in [-0.4, -0.2) is 43.5 Å². The number of nitrogens with zero attached hydrogens (tertiary/aromatic N) is 1. The van der Waals surface area contributed by atoms with E-state index in [-0.39, 0.29) is 12.6 Å². The molecule has 0 amide bonds. The minimum absolute atomic E-state index is 0.130. The van der Waals surface area contributed by atoms with Crippen molar-refractivity contribution < 1.29 is 8.78 Å². The highest BCUT2D eigenvalue weighted by Crippen LogP contribution is 2.19. The van der Waals surface area contributed by atoms with Crippen LogP contribution in [0.3, 0.4) is 0 Å². The van der Waals surface area contributed by atoms with Crippen molar-refractivity contribution in [3.05, 3.63) is 0 Å². The average Bonchev–Trinajstić information content (AvgIpc) is 2.95. The Bertz CT molecular complexity index is 183. The molecule has 1 aliphatic carbocycles. The van der Waals surface area contributed by atoms with Gasteiger partial charge in [-0.15, -0.1) is 0 Å². The van der Waals surface area contributed by atoms with Gasteiger partial charge in [0.05, 0.1) is 6.54 Å². The fourth-order valence-electron chi connectivity index (χ4n) is 1.63. The van der Waals surface area contributed by atoms with Crippen LogP contribution in [0.5, 0.6) is 0 Å². The molecule has 0 aromatic rings. The lowest BCUT2D eigenvalue weighted by Gasteiger charge is -2.29. The van der Waals surface area contributed by atoms with Crippen molar-refractivity contribution in [1.29, 1.82) is 0 Å². The summed E-state index contributed by atoms with van der Waals surface area (Å²) in [7, 11) is 1.77. The first-order valence-electron chi connectivity index (χ1n) is 5.72. The Hall–Kier alpha value is -0.220. The lowest BCUT2D eigenvalue weighted by Crippen LogP contribution is -2.41. The maximum atomic E-state index is 12.2. The smallest absolute Gasteiger partial charge is 0.251 e. The summed E-state index contributed by atoms with van der Waals surface area (Å²) in [5, 5.41) is 3.43. The first-order chi connectivity index (χ1) is 7.00. The summed E-state index contributed by atoms with van der Waals surface area (Å²) < 4.78 is 24.4. The number of hydrogen-bond donors (Lipinski definition) is 1. The lowest BCUT2D eigenvalue weighted by atomic mass is 10.0. The van der Waals surface area contributed by atoms with Gasteiger partial charge in [-0.05, 0) is 39.3 Å². The van der Waals surface area contributed by atoms with Crippen molar-refractivity contribution in [2.45, 2.75) is 45.2 Å². The summed E-state index contributed by atoms with van der Waals surface area (Å²) >= 11 is 0. The second-order valence-corrected chi connectivity index (χ2v) is 4.73. The standard InChI is InChI=1S/C11H22F2N2/c1-8(6-14-10-4-5-10)9(2)15(3)7-11(12)13/h8-11,14H,4-7H2,1-3H3. The van der Waals surface area contributed by atoms with Crippen LogP contribution >= 0.6 is 0 Å². The zero-order chi connectivity index (χ0) is 11.4. The van der Waals surface area contributed by atoms with Crippen molar-refractivity contribution in [3.8, 4) is 0 Å². The van der Waals surface area contributed by atoms with Gasteiger partial charge in [0, 0.05) is 12.1 Å². The highest BCUT2D eigenvalue weighted by Gasteiger charge is 2.24. The zero-order valence-electron chi connectivity index (χ0n) is 9.84. The molecular formula is C11H22F2N2. The molecule has 0 aliphatic heterocycles. The number of hydrogen-bond acceptors (Lipinski definition) is 2. The molecular weight excluding hydrogens is 198 g/mol. The van der Waals surface area contributed by atoms with E-state index in [0.717, 1.165) is 6.54 Å². The first-order valence-corrected chi connectivity index (χ1v) is 5.72. The predicted molar refractivity (Wildman–Crippen MR) is 58.3 cm³/mol. The molecule has 0 aromatic heterocycles. The number of alkyl halides is 2. The Morgan fingerprint density at radius 1 is 1.33 bits per heavy atom. The Balaban J connectivity index is 2.19. The monoisotopic (exact) mass is 220 g/mol. The molecule has 1 rings (SSSR count). The molecule has 0 saturated heterocycles. The van der Waals surface area contributed by atoms with E-state index in [0.29, 0.717) is 12.0 Å². The second kappa shape index (κ2) is 5.75. The average molecular weight is 220 g/mol. The van der Waals surface area contributed by atoms with Crippen molar-refractivity contribution >= 4 is 0 Å². The molecule has 0 bridgehead atoms. The van der Waals surface area contributed by atoms with Gasteiger partial charge in [-0.2, -0.15) is 0 Å². The van der Waals surface area contributed by atoms with Crippen LogP contribution in [0.25, 0.3) is 0 Å². The van der Waals surface area contributed by atoms with Crippen LogP contribution in [0, 0.1) is 5.92 Å². The molecule has 0 radical (unpaired) electrons. The second-order valence-electron chi connectivity index (χ2n) is 4.73. The van der Waals surface area contributed by atoms with E-state index in [1.54, 1.807) is 11.9 Å². The van der Waals surface area contributed by atoms with Gasteiger partial charge in [-0.1, -0.05) is 6.92 Å². The van der Waals surface area contributed by atoms with Crippen LogP contribution in [0.1, 0.15) is 26.7 Å². The van der Waals surface area contributed by atoms with Crippen molar-refractivity contribution in [3.63, 3.8) is 0 Å². The Labute approximate surface area is 91.0 Å². The molecule has 2 atom stereocenters. The zero-order valence-corrected chi connectivity index (χ0v) is 9.84. The molecule has 1 N–H and O–H groups in total. The quantitative estimate of drug-likeness (QED) is 0.705.